The molecule has 10 heteroatoms. The van der Waals surface area contributed by atoms with Gasteiger partial charge in [-0.2, -0.15) is 0 Å². The van der Waals surface area contributed by atoms with Gasteiger partial charge in [-0.05, 0) is 37.0 Å². The second-order valence-electron chi connectivity index (χ2n) is 7.10. The Hall–Kier alpha value is -2.88. The zero-order valence-corrected chi connectivity index (χ0v) is 16.4. The maximum absolute atomic E-state index is 12.7. The predicted molar refractivity (Wildman–Crippen MR) is 105 cm³/mol. The van der Waals surface area contributed by atoms with Crippen LogP contribution in [-0.2, 0) is 17.1 Å². The van der Waals surface area contributed by atoms with Crippen molar-refractivity contribution in [2.75, 3.05) is 22.7 Å². The van der Waals surface area contributed by atoms with Gasteiger partial charge in [-0.3, -0.25) is 9.29 Å². The highest BCUT2D eigenvalue weighted by atomic mass is 32.2. The molecule has 9 nitrogen and oxygen atoms in total. The summed E-state index contributed by atoms with van der Waals surface area (Å²) >= 11 is 0. The van der Waals surface area contributed by atoms with Gasteiger partial charge >= 0.3 is 5.76 Å². The van der Waals surface area contributed by atoms with E-state index in [0.717, 1.165) is 25.9 Å². The average molecular weight is 403 g/mol. The number of fused-ring (bicyclic) bond motifs is 1. The average Bonchev–Trinajstić information content (AvgIpc) is 2.96. The molecule has 1 aliphatic heterocycles. The van der Waals surface area contributed by atoms with E-state index in [1.807, 2.05) is 0 Å². The highest BCUT2D eigenvalue weighted by Gasteiger charge is 2.20. The fourth-order valence-electron chi connectivity index (χ4n) is 3.23. The second-order valence-corrected chi connectivity index (χ2v) is 8.79. The molecule has 1 N–H and O–H groups in total. The summed E-state index contributed by atoms with van der Waals surface area (Å²) in [5.74, 6) is 0.757. The molecule has 0 saturated carbocycles. The lowest BCUT2D eigenvalue weighted by Crippen LogP contribution is -2.34. The molecule has 0 bridgehead atoms. The topological polar surface area (TPSA) is 110 Å². The third-order valence-corrected chi connectivity index (χ3v) is 6.41. The summed E-state index contributed by atoms with van der Waals surface area (Å²) < 4.78 is 34.1. The number of sulfonamides is 1. The standard InChI is InChI=1S/C18H21N5O4S/c1-12-5-7-23(8-6-12)17-19-10-13(11-20-17)21-28(25,26)14-3-4-16-15(9-14)22(2)18(24)27-16/h3-4,9-12,21H,5-8H2,1-2H3. The van der Waals surface area contributed by atoms with Crippen LogP contribution in [0.5, 0.6) is 0 Å². The largest absolute Gasteiger partial charge is 0.419 e. The van der Waals surface area contributed by atoms with Crippen LogP contribution in [0.2, 0.25) is 0 Å². The molecule has 148 valence electrons. The van der Waals surface area contributed by atoms with Crippen molar-refractivity contribution >= 4 is 32.8 Å². The van der Waals surface area contributed by atoms with Crippen molar-refractivity contribution in [1.29, 1.82) is 0 Å². The van der Waals surface area contributed by atoms with Gasteiger partial charge in [0.05, 0.1) is 28.5 Å². The second kappa shape index (κ2) is 6.93. The van der Waals surface area contributed by atoms with Gasteiger partial charge in [0.2, 0.25) is 5.95 Å². The van der Waals surface area contributed by atoms with Crippen LogP contribution in [0.25, 0.3) is 11.1 Å². The molecule has 0 radical (unpaired) electrons. The molecule has 4 rings (SSSR count). The first-order chi connectivity index (χ1) is 13.3. The van der Waals surface area contributed by atoms with E-state index >= 15 is 0 Å². The molecule has 28 heavy (non-hydrogen) atoms. The van der Waals surface area contributed by atoms with E-state index in [2.05, 4.69) is 26.5 Å². The van der Waals surface area contributed by atoms with Crippen molar-refractivity contribution < 1.29 is 12.8 Å². The molecule has 0 unspecified atom stereocenters. The molecule has 0 atom stereocenters. The number of aromatic nitrogens is 3. The molecule has 0 amide bonds. The Morgan fingerprint density at radius 1 is 1.18 bits per heavy atom. The quantitative estimate of drug-likeness (QED) is 0.709. The van der Waals surface area contributed by atoms with Crippen molar-refractivity contribution in [3.63, 3.8) is 0 Å². The van der Waals surface area contributed by atoms with E-state index in [9.17, 15) is 13.2 Å². The van der Waals surface area contributed by atoms with Gasteiger partial charge in [-0.15, -0.1) is 0 Å². The van der Waals surface area contributed by atoms with Gasteiger partial charge in [0, 0.05) is 20.1 Å². The summed E-state index contributed by atoms with van der Waals surface area (Å²) in [5, 5.41) is 0. The monoisotopic (exact) mass is 403 g/mol. The van der Waals surface area contributed by atoms with Crippen LogP contribution >= 0.6 is 0 Å². The summed E-state index contributed by atoms with van der Waals surface area (Å²) in [5.41, 5.74) is 1.00. The summed E-state index contributed by atoms with van der Waals surface area (Å²) in [7, 11) is -2.34. The SMILES string of the molecule is CC1CCN(c2ncc(NS(=O)(=O)c3ccc4oc(=O)n(C)c4c3)cn2)CC1. The molecule has 1 aliphatic rings. The van der Waals surface area contributed by atoms with E-state index < -0.39 is 15.8 Å². The van der Waals surface area contributed by atoms with E-state index in [1.54, 1.807) is 0 Å². The molecule has 2 aromatic heterocycles. The van der Waals surface area contributed by atoms with Gasteiger partial charge < -0.3 is 9.32 Å². The molecular weight excluding hydrogens is 382 g/mol. The maximum Gasteiger partial charge on any atom is 0.419 e. The number of benzene rings is 1. The Morgan fingerprint density at radius 2 is 1.86 bits per heavy atom. The normalized spacial score (nSPS) is 15.9. The lowest BCUT2D eigenvalue weighted by atomic mass is 10.00. The Bertz CT molecular complexity index is 1160. The minimum atomic E-state index is -3.86. The van der Waals surface area contributed by atoms with Gasteiger partial charge in [-0.1, -0.05) is 6.92 Å². The van der Waals surface area contributed by atoms with Crippen LogP contribution in [-0.4, -0.2) is 36.0 Å². The van der Waals surface area contributed by atoms with Gasteiger partial charge in [0.15, 0.2) is 5.58 Å². The van der Waals surface area contributed by atoms with Crippen molar-refractivity contribution in [1.82, 2.24) is 14.5 Å². The molecular formula is C18H21N5O4S. The Morgan fingerprint density at radius 3 is 2.54 bits per heavy atom. The third kappa shape index (κ3) is 3.47. The number of hydrogen-bond acceptors (Lipinski definition) is 7. The van der Waals surface area contributed by atoms with Crippen LogP contribution in [0.15, 0.2) is 44.7 Å². The molecule has 1 saturated heterocycles. The number of piperidine rings is 1. The van der Waals surface area contributed by atoms with E-state index in [0.29, 0.717) is 23.0 Å². The fraction of sp³-hybridized carbons (Fsp3) is 0.389. The molecule has 3 aromatic rings. The Balaban J connectivity index is 1.54. The number of nitrogens with zero attached hydrogens (tertiary/aromatic N) is 4. The van der Waals surface area contributed by atoms with E-state index in [-0.39, 0.29) is 10.6 Å². The van der Waals surface area contributed by atoms with Crippen molar-refractivity contribution in [2.45, 2.75) is 24.7 Å². The van der Waals surface area contributed by atoms with E-state index in [4.69, 9.17) is 4.42 Å². The minimum Gasteiger partial charge on any atom is -0.408 e. The van der Waals surface area contributed by atoms with Crippen LogP contribution in [0.1, 0.15) is 19.8 Å². The number of rotatable bonds is 4. The summed E-state index contributed by atoms with van der Waals surface area (Å²) in [6.45, 7) is 4.03. The molecule has 0 spiro atoms. The number of nitrogens with one attached hydrogen (secondary N) is 1. The van der Waals surface area contributed by atoms with Gasteiger partial charge in [0.25, 0.3) is 10.0 Å². The van der Waals surface area contributed by atoms with Crippen LogP contribution in [0, 0.1) is 5.92 Å². The Kier molecular flexibility index (Phi) is 4.58. The lowest BCUT2D eigenvalue weighted by molar-refractivity contribution is 0.434. The first kappa shape index (κ1) is 18.5. The summed E-state index contributed by atoms with van der Waals surface area (Å²) in [6.07, 6.45) is 5.11. The predicted octanol–water partition coefficient (Wildman–Crippen LogP) is 1.96. The first-order valence-corrected chi connectivity index (χ1v) is 10.5. The number of aryl methyl sites for hydroxylation is 1. The molecule has 1 fully saturated rings. The summed E-state index contributed by atoms with van der Waals surface area (Å²) in [4.78, 5) is 22.3. The highest BCUT2D eigenvalue weighted by Crippen LogP contribution is 2.22. The molecule has 0 aliphatic carbocycles. The smallest absolute Gasteiger partial charge is 0.408 e. The van der Waals surface area contributed by atoms with Crippen LogP contribution < -0.4 is 15.4 Å². The lowest BCUT2D eigenvalue weighted by Gasteiger charge is -2.30. The van der Waals surface area contributed by atoms with Crippen molar-refractivity contribution in [3.05, 3.63) is 41.1 Å². The number of anilines is 2. The summed E-state index contributed by atoms with van der Waals surface area (Å²) in [6, 6.07) is 4.24. The first-order valence-electron chi connectivity index (χ1n) is 9.03. The third-order valence-electron chi connectivity index (χ3n) is 5.03. The molecule has 1 aromatic carbocycles. The number of oxazole rings is 1. The van der Waals surface area contributed by atoms with Crippen molar-refractivity contribution in [3.8, 4) is 0 Å². The highest BCUT2D eigenvalue weighted by molar-refractivity contribution is 7.92. The zero-order chi connectivity index (χ0) is 19.9. The Labute approximate surface area is 162 Å². The maximum atomic E-state index is 12.7. The van der Waals surface area contributed by atoms with Crippen LogP contribution in [0.4, 0.5) is 11.6 Å². The van der Waals surface area contributed by atoms with E-state index in [1.165, 1.54) is 42.2 Å². The van der Waals surface area contributed by atoms with Gasteiger partial charge in [0.1, 0.15) is 0 Å². The molecule has 3 heterocycles. The van der Waals surface area contributed by atoms with Crippen molar-refractivity contribution in [2.24, 2.45) is 13.0 Å². The van der Waals surface area contributed by atoms with Crippen LogP contribution in [0.3, 0.4) is 0 Å². The minimum absolute atomic E-state index is 0.0190. The fourth-order valence-corrected chi connectivity index (χ4v) is 4.28. The number of hydrogen-bond donors (Lipinski definition) is 1. The zero-order valence-electron chi connectivity index (χ0n) is 15.6. The van der Waals surface area contributed by atoms with Gasteiger partial charge in [-0.25, -0.2) is 23.2 Å².